The van der Waals surface area contributed by atoms with Crippen LogP contribution in [0.3, 0.4) is 0 Å². The molecule has 0 heterocycles. The summed E-state index contributed by atoms with van der Waals surface area (Å²) in [6.45, 7) is 1.59. The molecule has 0 aliphatic carbocycles. The molecule has 1 aromatic rings. The van der Waals surface area contributed by atoms with Crippen LogP contribution in [0, 0.1) is 0 Å². The lowest BCUT2D eigenvalue weighted by Gasteiger charge is -2.13. The second kappa shape index (κ2) is 9.38. The molecule has 0 unspecified atom stereocenters. The molecule has 120 valence electrons. The summed E-state index contributed by atoms with van der Waals surface area (Å²) in [4.78, 5) is 33.9. The minimum atomic E-state index is -1.10. The minimum Gasteiger partial charge on any atom is -0.480 e. The zero-order chi connectivity index (χ0) is 16.4. The van der Waals surface area contributed by atoms with Gasteiger partial charge < -0.3 is 20.5 Å². The van der Waals surface area contributed by atoms with E-state index >= 15 is 0 Å². The number of benzene rings is 1. The summed E-state index contributed by atoms with van der Waals surface area (Å²) in [6, 6.07) is 8.17. The Morgan fingerprint density at radius 2 is 1.91 bits per heavy atom. The zero-order valence-corrected chi connectivity index (χ0v) is 12.4. The Kier molecular flexibility index (Phi) is 7.45. The van der Waals surface area contributed by atoms with Crippen LogP contribution in [0.2, 0.25) is 0 Å². The van der Waals surface area contributed by atoms with Crippen molar-refractivity contribution in [3.63, 3.8) is 0 Å². The van der Waals surface area contributed by atoms with Gasteiger partial charge in [0.15, 0.2) is 0 Å². The highest BCUT2D eigenvalue weighted by molar-refractivity contribution is 5.86. The van der Waals surface area contributed by atoms with Crippen molar-refractivity contribution < 1.29 is 24.2 Å². The van der Waals surface area contributed by atoms with E-state index in [1.54, 1.807) is 0 Å². The maximum absolute atomic E-state index is 11.6. The summed E-state index contributed by atoms with van der Waals surface area (Å²) in [5.41, 5.74) is 0.830. The number of carbonyl (C=O) groups is 3. The predicted molar refractivity (Wildman–Crippen MR) is 79.1 cm³/mol. The number of alkyl carbamates (subject to hydrolysis) is 1. The fraction of sp³-hybridized carbons (Fsp3) is 0.400. The van der Waals surface area contributed by atoms with Crippen molar-refractivity contribution in [3.8, 4) is 0 Å². The van der Waals surface area contributed by atoms with Crippen molar-refractivity contribution in [1.82, 2.24) is 10.6 Å². The Bertz CT molecular complexity index is 504. The fourth-order valence-electron chi connectivity index (χ4n) is 1.72. The van der Waals surface area contributed by atoms with E-state index in [2.05, 4.69) is 10.6 Å². The van der Waals surface area contributed by atoms with Crippen LogP contribution >= 0.6 is 0 Å². The molecule has 7 nitrogen and oxygen atoms in total. The summed E-state index contributed by atoms with van der Waals surface area (Å²) in [5.74, 6) is -1.67. The van der Waals surface area contributed by atoms with E-state index in [9.17, 15) is 14.4 Å². The molecule has 0 saturated heterocycles. The molecule has 3 N–H and O–H groups in total. The molecular weight excluding hydrogens is 288 g/mol. The van der Waals surface area contributed by atoms with Gasteiger partial charge in [-0.1, -0.05) is 43.7 Å². The van der Waals surface area contributed by atoms with Crippen molar-refractivity contribution in [3.05, 3.63) is 35.9 Å². The molecule has 22 heavy (non-hydrogen) atoms. The maximum atomic E-state index is 11.6. The number of aliphatic carboxylic acids is 1. The number of nitrogens with one attached hydrogen (secondary N) is 2. The number of carboxylic acids is 1. The standard InChI is InChI=1S/C15H20N2O5/c1-2-6-12(14(19)20)17-13(18)9-16-15(21)22-10-11-7-4-3-5-8-11/h3-5,7-8,12H,2,6,9-10H2,1H3,(H,16,21)(H,17,18)(H,19,20)/t12-/m0/s1. The molecule has 0 aliphatic heterocycles. The van der Waals surface area contributed by atoms with Crippen molar-refractivity contribution in [2.45, 2.75) is 32.4 Å². The Hall–Kier alpha value is -2.57. The first-order valence-electron chi connectivity index (χ1n) is 6.99. The number of amides is 2. The Balaban J connectivity index is 2.28. The van der Waals surface area contributed by atoms with E-state index in [1.807, 2.05) is 37.3 Å². The molecule has 0 spiro atoms. The van der Waals surface area contributed by atoms with Gasteiger partial charge in [-0.25, -0.2) is 9.59 Å². The smallest absolute Gasteiger partial charge is 0.407 e. The Morgan fingerprint density at radius 3 is 2.50 bits per heavy atom. The second-order valence-electron chi connectivity index (χ2n) is 4.66. The van der Waals surface area contributed by atoms with E-state index < -0.39 is 24.0 Å². The van der Waals surface area contributed by atoms with Crippen LogP contribution < -0.4 is 10.6 Å². The normalized spacial score (nSPS) is 11.3. The average molecular weight is 308 g/mol. The van der Waals surface area contributed by atoms with Crippen LogP contribution in [0.1, 0.15) is 25.3 Å². The van der Waals surface area contributed by atoms with Crippen LogP contribution in [-0.2, 0) is 20.9 Å². The van der Waals surface area contributed by atoms with Gasteiger partial charge in [0.05, 0.1) is 0 Å². The van der Waals surface area contributed by atoms with Crippen molar-refractivity contribution >= 4 is 18.0 Å². The first-order chi connectivity index (χ1) is 10.5. The lowest BCUT2D eigenvalue weighted by Crippen LogP contribution is -2.45. The van der Waals surface area contributed by atoms with E-state index in [-0.39, 0.29) is 13.2 Å². The molecule has 0 saturated carbocycles. The van der Waals surface area contributed by atoms with Gasteiger partial charge >= 0.3 is 12.1 Å². The molecule has 1 rings (SSSR count). The van der Waals surface area contributed by atoms with Crippen LogP contribution in [-0.4, -0.2) is 35.7 Å². The van der Waals surface area contributed by atoms with Crippen LogP contribution in [0.5, 0.6) is 0 Å². The molecule has 0 bridgehead atoms. The van der Waals surface area contributed by atoms with Gasteiger partial charge in [0.2, 0.25) is 5.91 Å². The third kappa shape index (κ3) is 6.74. The van der Waals surface area contributed by atoms with Crippen LogP contribution in [0.4, 0.5) is 4.79 Å². The van der Waals surface area contributed by atoms with E-state index in [4.69, 9.17) is 9.84 Å². The van der Waals surface area contributed by atoms with Crippen molar-refractivity contribution in [2.75, 3.05) is 6.54 Å². The summed E-state index contributed by atoms with van der Waals surface area (Å²) >= 11 is 0. The van der Waals surface area contributed by atoms with Gasteiger partial charge in [-0.3, -0.25) is 4.79 Å². The SMILES string of the molecule is CCC[C@H](NC(=O)CNC(=O)OCc1ccccc1)C(=O)O. The monoisotopic (exact) mass is 308 g/mol. The van der Waals surface area contributed by atoms with Gasteiger partial charge in [0.25, 0.3) is 0 Å². The highest BCUT2D eigenvalue weighted by Crippen LogP contribution is 2.00. The largest absolute Gasteiger partial charge is 0.480 e. The summed E-state index contributed by atoms with van der Waals surface area (Å²) in [6.07, 6.45) is 0.227. The maximum Gasteiger partial charge on any atom is 0.407 e. The number of carboxylic acid groups (broad SMARTS) is 1. The quantitative estimate of drug-likeness (QED) is 0.671. The predicted octanol–water partition coefficient (Wildman–Crippen LogP) is 1.28. The summed E-state index contributed by atoms with van der Waals surface area (Å²) in [7, 11) is 0. The van der Waals surface area contributed by atoms with Gasteiger partial charge in [-0.05, 0) is 12.0 Å². The lowest BCUT2D eigenvalue weighted by molar-refractivity contribution is -0.141. The highest BCUT2D eigenvalue weighted by atomic mass is 16.5. The Morgan fingerprint density at radius 1 is 1.23 bits per heavy atom. The number of carbonyl (C=O) groups excluding carboxylic acids is 2. The summed E-state index contributed by atoms with van der Waals surface area (Å²) < 4.78 is 4.93. The molecule has 7 heteroatoms. The van der Waals surface area contributed by atoms with Gasteiger partial charge in [0.1, 0.15) is 19.2 Å². The highest BCUT2D eigenvalue weighted by Gasteiger charge is 2.18. The molecule has 2 amide bonds. The molecule has 0 aliphatic rings. The van der Waals surface area contributed by atoms with Gasteiger partial charge in [-0.15, -0.1) is 0 Å². The molecule has 1 aromatic carbocycles. The topological polar surface area (TPSA) is 105 Å². The van der Waals surface area contributed by atoms with Crippen LogP contribution in [0.25, 0.3) is 0 Å². The second-order valence-corrected chi connectivity index (χ2v) is 4.66. The van der Waals surface area contributed by atoms with Crippen molar-refractivity contribution in [2.24, 2.45) is 0 Å². The molecule has 0 radical (unpaired) electrons. The average Bonchev–Trinajstić information content (AvgIpc) is 2.51. The molecule has 0 aromatic heterocycles. The number of hydrogen-bond acceptors (Lipinski definition) is 4. The number of ether oxygens (including phenoxy) is 1. The van der Waals surface area contributed by atoms with E-state index in [1.165, 1.54) is 0 Å². The lowest BCUT2D eigenvalue weighted by atomic mass is 10.1. The van der Waals surface area contributed by atoms with E-state index in [0.717, 1.165) is 5.56 Å². The van der Waals surface area contributed by atoms with Gasteiger partial charge in [-0.2, -0.15) is 0 Å². The third-order valence-electron chi connectivity index (χ3n) is 2.82. The number of hydrogen-bond donors (Lipinski definition) is 3. The molecular formula is C15H20N2O5. The van der Waals surface area contributed by atoms with Crippen molar-refractivity contribution in [1.29, 1.82) is 0 Å². The molecule has 1 atom stereocenters. The number of rotatable bonds is 8. The van der Waals surface area contributed by atoms with Gasteiger partial charge in [0, 0.05) is 0 Å². The zero-order valence-electron chi connectivity index (χ0n) is 12.4. The molecule has 0 fully saturated rings. The fourth-order valence-corrected chi connectivity index (χ4v) is 1.72. The Labute approximate surface area is 128 Å². The summed E-state index contributed by atoms with van der Waals surface area (Å²) in [5, 5.41) is 13.5. The first-order valence-corrected chi connectivity index (χ1v) is 6.99. The first kappa shape index (κ1) is 17.5. The van der Waals surface area contributed by atoms with E-state index in [0.29, 0.717) is 12.8 Å². The third-order valence-corrected chi connectivity index (χ3v) is 2.82. The minimum absolute atomic E-state index is 0.0991. The van der Waals surface area contributed by atoms with Crippen LogP contribution in [0.15, 0.2) is 30.3 Å².